The highest BCUT2D eigenvalue weighted by Gasteiger charge is 2.46. The molecule has 0 saturated heterocycles. The van der Waals surface area contributed by atoms with Crippen LogP contribution in [0.25, 0.3) is 21.5 Å². The quantitative estimate of drug-likeness (QED) is 0.127. The van der Waals surface area contributed by atoms with E-state index in [1.807, 2.05) is 48.5 Å². The van der Waals surface area contributed by atoms with Gasteiger partial charge in [0.2, 0.25) is 0 Å². The first-order valence-corrected chi connectivity index (χ1v) is 27.6. The molecule has 6 heteroatoms. The van der Waals surface area contributed by atoms with Gasteiger partial charge in [-0.05, 0) is 189 Å². The Hall–Kier alpha value is -10.8. The summed E-state index contributed by atoms with van der Waals surface area (Å²) < 4.78 is 12.8. The molecule has 0 N–H and O–H groups in total. The van der Waals surface area contributed by atoms with Crippen molar-refractivity contribution < 1.29 is 9.47 Å². The Balaban J connectivity index is 0.877. The van der Waals surface area contributed by atoms with Gasteiger partial charge in [0.25, 0.3) is 0 Å². The molecule has 13 aromatic rings. The fourth-order valence-corrected chi connectivity index (χ4v) is 13.0. The molecule has 1 aliphatic carbocycles. The van der Waals surface area contributed by atoms with Gasteiger partial charge >= 0.3 is 0 Å². The van der Waals surface area contributed by atoms with Gasteiger partial charge in [0, 0.05) is 45.5 Å². The molecular weight excluding hydrogens is 989 g/mol. The number of para-hydroxylation sites is 10. The smallest absolute Gasteiger partial charge is 0.151 e. The van der Waals surface area contributed by atoms with Crippen molar-refractivity contribution in [3.8, 4) is 23.0 Å². The van der Waals surface area contributed by atoms with Crippen LogP contribution in [-0.4, -0.2) is 0 Å². The summed E-state index contributed by atoms with van der Waals surface area (Å²) in [6.45, 7) is 0. The van der Waals surface area contributed by atoms with E-state index in [1.54, 1.807) is 0 Å². The summed E-state index contributed by atoms with van der Waals surface area (Å²) in [5.74, 6) is 3.31. The number of fused-ring (bicyclic) bond motifs is 4. The Morgan fingerprint density at radius 1 is 0.259 bits per heavy atom. The lowest BCUT2D eigenvalue weighted by molar-refractivity contribution is 0.477. The van der Waals surface area contributed by atoms with Crippen molar-refractivity contribution in [1.82, 2.24) is 0 Å². The Labute approximate surface area is 470 Å². The molecule has 382 valence electrons. The molecule has 0 fully saturated rings. The molecule has 2 aliphatic heterocycles. The maximum atomic E-state index is 6.41. The van der Waals surface area contributed by atoms with E-state index in [4.69, 9.17) is 9.47 Å². The predicted molar refractivity (Wildman–Crippen MR) is 332 cm³/mol. The highest BCUT2D eigenvalue weighted by molar-refractivity contribution is 6.18. The minimum absolute atomic E-state index is 0.721. The van der Waals surface area contributed by atoms with Crippen LogP contribution in [0.2, 0.25) is 0 Å². The molecule has 0 radical (unpaired) electrons. The van der Waals surface area contributed by atoms with Crippen molar-refractivity contribution in [2.75, 3.05) is 19.6 Å². The third-order valence-electron chi connectivity index (χ3n) is 16.4. The van der Waals surface area contributed by atoms with Crippen LogP contribution in [-0.2, 0) is 5.41 Å². The second-order valence-corrected chi connectivity index (χ2v) is 20.9. The molecule has 0 unspecified atom stereocenters. The van der Waals surface area contributed by atoms with Crippen LogP contribution >= 0.6 is 0 Å². The monoisotopic (exact) mass is 1040 g/mol. The van der Waals surface area contributed by atoms with Gasteiger partial charge in [-0.25, -0.2) is 0 Å². The summed E-state index contributed by atoms with van der Waals surface area (Å²) in [6.07, 6.45) is 0. The predicted octanol–water partition coefficient (Wildman–Crippen LogP) is 20.8. The minimum atomic E-state index is -0.721. The van der Waals surface area contributed by atoms with E-state index in [0.29, 0.717) is 0 Å². The van der Waals surface area contributed by atoms with Gasteiger partial charge < -0.3 is 29.1 Å². The molecule has 6 nitrogen and oxygen atoms in total. The van der Waals surface area contributed by atoms with Gasteiger partial charge in [-0.2, -0.15) is 0 Å². The molecule has 3 aliphatic rings. The topological polar surface area (TPSA) is 31.4 Å². The van der Waals surface area contributed by atoms with Crippen molar-refractivity contribution in [2.45, 2.75) is 5.41 Å². The number of hydrogen-bond acceptors (Lipinski definition) is 6. The third kappa shape index (κ3) is 7.34. The van der Waals surface area contributed by atoms with Gasteiger partial charge in [-0.3, -0.25) is 0 Å². The fourth-order valence-electron chi connectivity index (χ4n) is 13.0. The van der Waals surface area contributed by atoms with Crippen molar-refractivity contribution in [3.63, 3.8) is 0 Å². The zero-order valence-electron chi connectivity index (χ0n) is 44.0. The fraction of sp³-hybridized carbons (Fsp3) is 0.0133. The third-order valence-corrected chi connectivity index (χ3v) is 16.4. The average Bonchev–Trinajstić information content (AvgIpc) is 2.07. The molecule has 0 amide bonds. The summed E-state index contributed by atoms with van der Waals surface area (Å²) in [7, 11) is 0. The van der Waals surface area contributed by atoms with Crippen LogP contribution in [0.5, 0.6) is 23.0 Å². The second-order valence-electron chi connectivity index (χ2n) is 20.9. The SMILES string of the molecule is c1ccc(N(c2ccc(N3c4ccccc4Oc4ccccc43)cc2)c2cc3c4c(ccc5cc(N(c6ccccc6)c6ccc(N7c8ccccc8Oc8ccccc87)cc6)cc(c54)C3(c3ccccc3)c3ccccc3)c2)cc1. The van der Waals surface area contributed by atoms with Crippen LogP contribution in [0.15, 0.2) is 303 Å². The number of benzene rings is 13. The number of anilines is 12. The maximum Gasteiger partial charge on any atom is 0.151 e. The van der Waals surface area contributed by atoms with E-state index in [1.165, 1.54) is 43.8 Å². The average molecular weight is 1040 g/mol. The summed E-state index contributed by atoms with van der Waals surface area (Å²) >= 11 is 0. The van der Waals surface area contributed by atoms with Crippen molar-refractivity contribution in [1.29, 1.82) is 0 Å². The minimum Gasteiger partial charge on any atom is -0.453 e. The summed E-state index contributed by atoms with van der Waals surface area (Å²) in [6, 6.07) is 109. The molecule has 16 rings (SSSR count). The largest absolute Gasteiger partial charge is 0.453 e. The number of ether oxygens (including phenoxy) is 2. The second kappa shape index (κ2) is 18.7. The molecule has 81 heavy (non-hydrogen) atoms. The van der Waals surface area contributed by atoms with Crippen LogP contribution in [0.4, 0.5) is 68.2 Å². The van der Waals surface area contributed by atoms with Gasteiger partial charge in [0.05, 0.1) is 28.2 Å². The highest BCUT2D eigenvalue weighted by atomic mass is 16.5. The van der Waals surface area contributed by atoms with E-state index in [0.717, 1.165) is 91.2 Å². The molecular formula is C75H50N4O2. The van der Waals surface area contributed by atoms with Gasteiger partial charge in [-0.1, -0.05) is 158 Å². The van der Waals surface area contributed by atoms with Crippen molar-refractivity contribution in [2.24, 2.45) is 0 Å². The highest BCUT2D eigenvalue weighted by Crippen LogP contribution is 2.59. The number of hydrogen-bond donors (Lipinski definition) is 0. The van der Waals surface area contributed by atoms with E-state index in [-0.39, 0.29) is 0 Å². The normalized spacial score (nSPS) is 13.2. The molecule has 0 bridgehead atoms. The molecule has 0 aromatic heterocycles. The van der Waals surface area contributed by atoms with E-state index in [2.05, 4.69) is 274 Å². The molecule has 0 spiro atoms. The molecule has 0 saturated carbocycles. The summed E-state index contributed by atoms with van der Waals surface area (Å²) in [5, 5.41) is 4.89. The molecule has 13 aromatic carbocycles. The lowest BCUT2D eigenvalue weighted by atomic mass is 9.67. The van der Waals surface area contributed by atoms with Crippen LogP contribution in [0, 0.1) is 0 Å². The number of nitrogens with zero attached hydrogens (tertiary/aromatic N) is 4. The first kappa shape index (κ1) is 46.3. The lowest BCUT2D eigenvalue weighted by Gasteiger charge is -2.36. The maximum absolute atomic E-state index is 6.41. The first-order chi connectivity index (χ1) is 40.2. The van der Waals surface area contributed by atoms with Gasteiger partial charge in [-0.15, -0.1) is 0 Å². The Morgan fingerprint density at radius 3 is 0.901 bits per heavy atom. The van der Waals surface area contributed by atoms with E-state index < -0.39 is 5.41 Å². The first-order valence-electron chi connectivity index (χ1n) is 27.6. The van der Waals surface area contributed by atoms with Crippen molar-refractivity contribution >= 4 is 89.8 Å². The van der Waals surface area contributed by atoms with Gasteiger partial charge in [0.1, 0.15) is 0 Å². The van der Waals surface area contributed by atoms with Crippen LogP contribution in [0.1, 0.15) is 22.3 Å². The summed E-state index contributed by atoms with van der Waals surface area (Å²) in [4.78, 5) is 9.42. The zero-order valence-corrected chi connectivity index (χ0v) is 44.0. The Kier molecular flexibility index (Phi) is 10.7. The van der Waals surface area contributed by atoms with Gasteiger partial charge in [0.15, 0.2) is 23.0 Å². The summed E-state index contributed by atoms with van der Waals surface area (Å²) in [5.41, 5.74) is 16.6. The Bertz CT molecular complexity index is 4150. The number of rotatable bonds is 10. The van der Waals surface area contributed by atoms with Crippen molar-refractivity contribution in [3.05, 3.63) is 326 Å². The zero-order chi connectivity index (χ0) is 53.4. The standard InChI is InChI=1S/C75H50N4O2/c1-5-21-53(22-6-1)75(54-23-7-2-8-24-54)63-49-61(76(55-25-9-3-10-26-55)57-39-43-59(44-40-57)78-65-29-13-17-33-69(65)80-70-34-18-14-30-66(70)78)47-51-37-38-52-48-62(50-64(75)74(52)73(51)63)77(56-27-11-4-12-28-56)58-41-45-60(46-42-58)79-67-31-15-19-35-71(67)81-72-36-20-16-32-68(72)79/h1-50H. The molecule has 2 heterocycles. The Morgan fingerprint density at radius 2 is 0.556 bits per heavy atom. The lowest BCUT2D eigenvalue weighted by Crippen LogP contribution is -2.29. The van der Waals surface area contributed by atoms with Crippen LogP contribution in [0.3, 0.4) is 0 Å². The van der Waals surface area contributed by atoms with E-state index >= 15 is 0 Å². The van der Waals surface area contributed by atoms with E-state index in [9.17, 15) is 0 Å². The molecule has 0 atom stereocenters. The van der Waals surface area contributed by atoms with Crippen LogP contribution < -0.4 is 29.1 Å².